The van der Waals surface area contributed by atoms with Crippen LogP contribution in [0.15, 0.2) is 18.2 Å². The van der Waals surface area contributed by atoms with Crippen LogP contribution in [-0.4, -0.2) is 60.2 Å². The Hall–Kier alpha value is -2.10. The third kappa shape index (κ3) is 6.49. The number of rotatable bonds is 9. The average molecular weight is 457 g/mol. The molecule has 0 saturated heterocycles. The highest BCUT2D eigenvalue weighted by Gasteiger charge is 2.38. The van der Waals surface area contributed by atoms with Gasteiger partial charge in [-0.1, -0.05) is 25.0 Å². The minimum absolute atomic E-state index is 0.0241. The Balaban J connectivity index is 1.16. The molecule has 3 aliphatic rings. The zero-order valence-corrected chi connectivity index (χ0v) is 19.2. The minimum atomic E-state index is -1.26. The summed E-state index contributed by atoms with van der Waals surface area (Å²) in [5.74, 6) is -1.23. The van der Waals surface area contributed by atoms with Gasteiger partial charge in [0.1, 0.15) is 5.75 Å². The van der Waals surface area contributed by atoms with Crippen LogP contribution in [0.5, 0.6) is 5.75 Å². The van der Waals surface area contributed by atoms with E-state index < -0.39 is 19.0 Å². The lowest BCUT2D eigenvalue weighted by molar-refractivity contribution is -0.122. The summed E-state index contributed by atoms with van der Waals surface area (Å²) in [4.78, 5) is 24.0. The van der Waals surface area contributed by atoms with E-state index in [9.17, 15) is 19.7 Å². The van der Waals surface area contributed by atoms with Crippen LogP contribution in [0.25, 0.3) is 0 Å². The summed E-state index contributed by atoms with van der Waals surface area (Å²) in [6, 6.07) is 6.11. The molecule has 5 N–H and O–H groups in total. The van der Waals surface area contributed by atoms with Crippen molar-refractivity contribution < 1.29 is 24.4 Å². The largest absolute Gasteiger partial charge is 0.547 e. The van der Waals surface area contributed by atoms with E-state index in [1.165, 1.54) is 31.7 Å². The number of carbonyl (C=O) groups is 2. The third-order valence-electron chi connectivity index (χ3n) is 7.36. The SMILES string of the molecule is O=C(CC1CCC(NCCNC2CCCC2)CC1)N[C@H]1Cc2cccc(C(=O)O)c2OB1O. The van der Waals surface area contributed by atoms with Gasteiger partial charge in [0, 0.05) is 31.6 Å². The molecule has 9 heteroatoms. The first kappa shape index (κ1) is 24.0. The number of carboxylic acid groups (broad SMARTS) is 1. The lowest BCUT2D eigenvalue weighted by Crippen LogP contribution is -2.53. The predicted octanol–water partition coefficient (Wildman–Crippen LogP) is 1.89. The molecule has 0 unspecified atom stereocenters. The van der Waals surface area contributed by atoms with Crippen LogP contribution in [0.2, 0.25) is 0 Å². The molecule has 0 radical (unpaired) electrons. The van der Waals surface area contributed by atoms with Crippen molar-refractivity contribution in [3.8, 4) is 5.75 Å². The fraction of sp³-hybridized carbons (Fsp3) is 0.667. The number of para-hydroxylation sites is 1. The van der Waals surface area contributed by atoms with Gasteiger partial charge in [0.15, 0.2) is 0 Å². The van der Waals surface area contributed by atoms with E-state index in [4.69, 9.17) is 4.65 Å². The average Bonchev–Trinajstić information content (AvgIpc) is 3.31. The van der Waals surface area contributed by atoms with E-state index in [-0.39, 0.29) is 17.2 Å². The van der Waals surface area contributed by atoms with Crippen LogP contribution in [0, 0.1) is 5.92 Å². The van der Waals surface area contributed by atoms with Crippen molar-refractivity contribution in [2.24, 2.45) is 5.92 Å². The molecule has 1 heterocycles. The quantitative estimate of drug-likeness (QED) is 0.284. The maximum atomic E-state index is 12.6. The topological polar surface area (TPSA) is 120 Å². The first-order valence-electron chi connectivity index (χ1n) is 12.5. The molecule has 0 spiro atoms. The van der Waals surface area contributed by atoms with E-state index in [2.05, 4.69) is 16.0 Å². The minimum Gasteiger partial charge on any atom is -0.534 e. The second kappa shape index (κ2) is 11.4. The van der Waals surface area contributed by atoms with Gasteiger partial charge < -0.3 is 30.7 Å². The van der Waals surface area contributed by atoms with E-state index in [1.54, 1.807) is 12.1 Å². The fourth-order valence-corrected chi connectivity index (χ4v) is 5.50. The lowest BCUT2D eigenvalue weighted by atomic mass is 9.72. The Kier molecular flexibility index (Phi) is 8.27. The zero-order valence-electron chi connectivity index (χ0n) is 19.2. The molecular formula is C24H36BN3O5. The van der Waals surface area contributed by atoms with E-state index in [0.29, 0.717) is 36.4 Å². The number of aromatic carboxylic acids is 1. The van der Waals surface area contributed by atoms with Gasteiger partial charge >= 0.3 is 13.1 Å². The van der Waals surface area contributed by atoms with Gasteiger partial charge in [-0.25, -0.2) is 4.79 Å². The van der Waals surface area contributed by atoms with Crippen LogP contribution >= 0.6 is 0 Å². The van der Waals surface area contributed by atoms with Gasteiger partial charge in [-0.05, 0) is 62.5 Å². The molecule has 2 fully saturated rings. The number of fused-ring (bicyclic) bond motifs is 1. The Labute approximate surface area is 196 Å². The van der Waals surface area contributed by atoms with Crippen molar-refractivity contribution in [1.82, 2.24) is 16.0 Å². The van der Waals surface area contributed by atoms with E-state index in [1.807, 2.05) is 0 Å². The predicted molar refractivity (Wildman–Crippen MR) is 126 cm³/mol. The van der Waals surface area contributed by atoms with Gasteiger partial charge in [-0.3, -0.25) is 4.79 Å². The molecule has 0 aromatic heterocycles. The van der Waals surface area contributed by atoms with Gasteiger partial charge in [-0.2, -0.15) is 0 Å². The molecule has 33 heavy (non-hydrogen) atoms. The molecular weight excluding hydrogens is 421 g/mol. The van der Waals surface area contributed by atoms with E-state index in [0.717, 1.165) is 38.8 Å². The third-order valence-corrected chi connectivity index (χ3v) is 7.36. The number of hydrogen-bond acceptors (Lipinski definition) is 6. The van der Waals surface area contributed by atoms with Crippen molar-refractivity contribution in [3.63, 3.8) is 0 Å². The number of amides is 1. The maximum Gasteiger partial charge on any atom is 0.547 e. The summed E-state index contributed by atoms with van der Waals surface area (Å²) < 4.78 is 5.47. The standard InChI is InChI=1S/C24H36BN3O5/c29-22(28-21-15-17-4-3-7-20(24(30)31)23(17)33-25(21)32)14-16-8-10-19(11-9-16)27-13-12-26-18-5-1-2-6-18/h3-4,7,16,18-19,21,26-27,32H,1-2,5-6,8-15H2,(H,28,29)(H,30,31)/t16?,19?,21-/m0/s1. The molecule has 1 aliphatic heterocycles. The number of carboxylic acids is 1. The first-order chi connectivity index (χ1) is 16.0. The summed E-state index contributed by atoms with van der Waals surface area (Å²) in [7, 11) is -1.26. The van der Waals surface area contributed by atoms with Crippen molar-refractivity contribution in [3.05, 3.63) is 29.3 Å². The van der Waals surface area contributed by atoms with Gasteiger partial charge in [0.2, 0.25) is 5.91 Å². The number of nitrogens with one attached hydrogen (secondary N) is 3. The maximum absolute atomic E-state index is 12.6. The number of hydrogen-bond donors (Lipinski definition) is 5. The van der Waals surface area contributed by atoms with Crippen molar-refractivity contribution >= 4 is 19.0 Å². The highest BCUT2D eigenvalue weighted by atomic mass is 16.5. The van der Waals surface area contributed by atoms with Crippen molar-refractivity contribution in [1.29, 1.82) is 0 Å². The molecule has 2 saturated carbocycles. The van der Waals surface area contributed by atoms with Crippen LogP contribution in [0.4, 0.5) is 0 Å². The zero-order chi connectivity index (χ0) is 23.2. The molecule has 180 valence electrons. The van der Waals surface area contributed by atoms with Gasteiger partial charge in [-0.15, -0.1) is 0 Å². The van der Waals surface area contributed by atoms with Gasteiger partial charge in [0.25, 0.3) is 0 Å². The molecule has 2 aliphatic carbocycles. The van der Waals surface area contributed by atoms with Crippen LogP contribution in [0.1, 0.15) is 73.7 Å². The number of benzene rings is 1. The monoisotopic (exact) mass is 457 g/mol. The van der Waals surface area contributed by atoms with Crippen LogP contribution < -0.4 is 20.6 Å². The van der Waals surface area contributed by atoms with Crippen molar-refractivity contribution in [2.45, 2.75) is 82.2 Å². The molecule has 1 aromatic carbocycles. The molecule has 4 rings (SSSR count). The molecule has 1 amide bonds. The van der Waals surface area contributed by atoms with Crippen molar-refractivity contribution in [2.75, 3.05) is 13.1 Å². The lowest BCUT2D eigenvalue weighted by Gasteiger charge is -2.31. The van der Waals surface area contributed by atoms with Crippen LogP contribution in [0.3, 0.4) is 0 Å². The fourth-order valence-electron chi connectivity index (χ4n) is 5.50. The molecule has 8 nitrogen and oxygen atoms in total. The van der Waals surface area contributed by atoms with Crippen LogP contribution in [-0.2, 0) is 11.2 Å². The molecule has 1 aromatic rings. The summed E-state index contributed by atoms with van der Waals surface area (Å²) in [5.41, 5.74) is 0.704. The Morgan fingerprint density at radius 3 is 2.33 bits per heavy atom. The summed E-state index contributed by atoms with van der Waals surface area (Å²) >= 11 is 0. The Morgan fingerprint density at radius 1 is 1.00 bits per heavy atom. The molecule has 1 atom stereocenters. The first-order valence-corrected chi connectivity index (χ1v) is 12.5. The highest BCUT2D eigenvalue weighted by Crippen LogP contribution is 2.31. The summed E-state index contributed by atoms with van der Waals surface area (Å²) in [5, 5.41) is 29.8. The van der Waals surface area contributed by atoms with E-state index >= 15 is 0 Å². The smallest absolute Gasteiger partial charge is 0.534 e. The highest BCUT2D eigenvalue weighted by molar-refractivity contribution is 6.47. The molecule has 0 bridgehead atoms. The summed E-state index contributed by atoms with van der Waals surface area (Å²) in [6.45, 7) is 2.02. The Morgan fingerprint density at radius 2 is 1.67 bits per heavy atom. The normalized spacial score (nSPS) is 25.4. The number of carbonyl (C=O) groups excluding carboxylic acids is 1. The second-order valence-corrected chi connectivity index (χ2v) is 9.80. The second-order valence-electron chi connectivity index (χ2n) is 9.80. The van der Waals surface area contributed by atoms with Gasteiger partial charge in [0.05, 0.1) is 11.5 Å². The Bertz CT molecular complexity index is 824. The summed E-state index contributed by atoms with van der Waals surface area (Å²) in [6.07, 6.45) is 10.3.